The number of hydrogen-bond acceptors (Lipinski definition) is 5. The molecule has 1 fully saturated rings. The molecule has 6 nitrogen and oxygen atoms in total. The summed E-state index contributed by atoms with van der Waals surface area (Å²) in [7, 11) is 0. The molecule has 2 atom stereocenters. The van der Waals surface area contributed by atoms with Gasteiger partial charge in [0.25, 0.3) is 0 Å². The summed E-state index contributed by atoms with van der Waals surface area (Å²) < 4.78 is 28.7. The van der Waals surface area contributed by atoms with Gasteiger partial charge in [-0.1, -0.05) is 40.3 Å². The second kappa shape index (κ2) is 12.0. The van der Waals surface area contributed by atoms with Gasteiger partial charge in [-0.15, -0.1) is 0 Å². The summed E-state index contributed by atoms with van der Waals surface area (Å²) in [5.41, 5.74) is 0.748. The van der Waals surface area contributed by atoms with Gasteiger partial charge in [0.05, 0.1) is 10.0 Å². The molecule has 190 valence electrons. The number of benzene rings is 1. The molecule has 0 spiro atoms. The first-order valence-electron chi connectivity index (χ1n) is 11.4. The van der Waals surface area contributed by atoms with Crippen LogP contribution in [0.15, 0.2) is 29.2 Å². The molecule has 0 bridgehead atoms. The lowest BCUT2D eigenvalue weighted by Gasteiger charge is -2.26. The van der Waals surface area contributed by atoms with Crippen molar-refractivity contribution >= 4 is 46.4 Å². The molecule has 9 heteroatoms. The van der Waals surface area contributed by atoms with Crippen LogP contribution < -0.4 is 4.74 Å². The fourth-order valence-corrected chi connectivity index (χ4v) is 4.46. The van der Waals surface area contributed by atoms with Crippen molar-refractivity contribution in [3.8, 4) is 5.75 Å². The molecule has 0 saturated carbocycles. The second-order valence-corrected chi connectivity index (χ2v) is 13.0. The van der Waals surface area contributed by atoms with Crippen LogP contribution in [0.25, 0.3) is 0 Å². The number of rotatable bonds is 6. The van der Waals surface area contributed by atoms with E-state index in [0.29, 0.717) is 46.6 Å². The molecule has 0 radical (unpaired) electrons. The van der Waals surface area contributed by atoms with E-state index in [4.69, 9.17) is 37.1 Å². The Kier molecular flexibility index (Phi) is 10.2. The maximum atomic E-state index is 13.1. The Morgan fingerprint density at radius 2 is 1.85 bits per heavy atom. The molecular weight excluding hydrogens is 495 g/mol. The monoisotopic (exact) mass is 530 g/mol. The predicted molar refractivity (Wildman–Crippen MR) is 142 cm³/mol. The summed E-state index contributed by atoms with van der Waals surface area (Å²) >= 11 is 11.1. The Labute approximate surface area is 217 Å². The van der Waals surface area contributed by atoms with Crippen LogP contribution >= 0.6 is 23.2 Å². The lowest BCUT2D eigenvalue weighted by Crippen LogP contribution is -2.37. The van der Waals surface area contributed by atoms with E-state index in [1.807, 2.05) is 41.5 Å². The van der Waals surface area contributed by atoms with Gasteiger partial charge >= 0.3 is 6.09 Å². The molecule has 2 rings (SSSR count). The molecular formula is C25H36Cl2N2O4S. The van der Waals surface area contributed by atoms with Gasteiger partial charge in [-0.25, -0.2) is 4.79 Å². The fourth-order valence-electron chi connectivity index (χ4n) is 3.45. The molecule has 1 aliphatic heterocycles. The quantitative estimate of drug-likeness (QED) is 0.229. The fraction of sp³-hybridized carbons (Fsp3) is 0.600. The zero-order chi connectivity index (χ0) is 25.7. The van der Waals surface area contributed by atoms with Crippen molar-refractivity contribution in [1.82, 2.24) is 4.90 Å². The summed E-state index contributed by atoms with van der Waals surface area (Å²) in [6.07, 6.45) is 3.48. The summed E-state index contributed by atoms with van der Waals surface area (Å²) in [5.74, 6) is 0.453. The Bertz CT molecular complexity index is 909. The number of nitrogens with zero attached hydrogens (tertiary/aromatic N) is 2. The molecule has 0 aromatic heterocycles. The van der Waals surface area contributed by atoms with E-state index in [1.54, 1.807) is 23.1 Å². The molecule has 34 heavy (non-hydrogen) atoms. The highest BCUT2D eigenvalue weighted by Crippen LogP contribution is 2.36. The highest BCUT2D eigenvalue weighted by Gasteiger charge is 2.33. The lowest BCUT2D eigenvalue weighted by atomic mass is 9.90. The highest BCUT2D eigenvalue weighted by atomic mass is 35.5. The molecule has 1 heterocycles. The van der Waals surface area contributed by atoms with Gasteiger partial charge in [-0.05, 0) is 66.9 Å². The zero-order valence-electron chi connectivity index (χ0n) is 21.0. The molecule has 1 amide bonds. The van der Waals surface area contributed by atoms with Crippen LogP contribution in [0.1, 0.15) is 66.4 Å². The number of amides is 1. The molecule has 1 aromatic rings. The van der Waals surface area contributed by atoms with Crippen molar-refractivity contribution in [3.05, 3.63) is 40.4 Å². The molecule has 1 unspecified atom stereocenters. The van der Waals surface area contributed by atoms with E-state index in [9.17, 15) is 9.35 Å². The third kappa shape index (κ3) is 8.36. The van der Waals surface area contributed by atoms with Gasteiger partial charge in [0, 0.05) is 30.6 Å². The van der Waals surface area contributed by atoms with Crippen molar-refractivity contribution in [3.63, 3.8) is 0 Å². The molecule has 1 aliphatic rings. The zero-order valence-corrected chi connectivity index (χ0v) is 23.3. The average Bonchev–Trinajstić information content (AvgIpc) is 2.97. The van der Waals surface area contributed by atoms with Gasteiger partial charge in [0.2, 0.25) is 0 Å². The van der Waals surface area contributed by atoms with E-state index in [1.165, 1.54) is 0 Å². The summed E-state index contributed by atoms with van der Waals surface area (Å²) in [6.45, 7) is 16.3. The van der Waals surface area contributed by atoms with Crippen molar-refractivity contribution < 1.29 is 18.8 Å². The van der Waals surface area contributed by atoms with Gasteiger partial charge < -0.3 is 18.9 Å². The minimum atomic E-state index is -1.50. The van der Waals surface area contributed by atoms with E-state index in [2.05, 4.69) is 6.58 Å². The number of carbonyl (C=O) groups is 1. The SMILES string of the molecule is C=CCOc1cc(Cl)c(Cl)cc1C(=N[S+]([O-])C(C)(C)C)[C@H]1CCCN(C(=O)OC(C)(C)C)CC1. The van der Waals surface area contributed by atoms with Crippen LogP contribution in [-0.4, -0.2) is 51.3 Å². The highest BCUT2D eigenvalue weighted by molar-refractivity contribution is 7.91. The van der Waals surface area contributed by atoms with Crippen LogP contribution in [-0.2, 0) is 16.1 Å². The summed E-state index contributed by atoms with van der Waals surface area (Å²) in [5, 5.41) is 0.721. The van der Waals surface area contributed by atoms with Crippen LogP contribution in [0.4, 0.5) is 4.79 Å². The normalized spacial score (nSPS) is 18.8. The minimum absolute atomic E-state index is 0.0536. The molecule has 1 aromatic carbocycles. The van der Waals surface area contributed by atoms with Crippen LogP contribution in [0.3, 0.4) is 0 Å². The standard InChI is InChI=1S/C25H36Cl2N2O4S/c1-8-14-32-21-16-20(27)19(26)15-18(21)22(28-34(31)25(5,6)7)17-10-9-12-29(13-11-17)23(30)33-24(2,3)4/h8,15-17H,1,9-14H2,2-7H3/t17-,34?/m0/s1. The largest absolute Gasteiger partial charge is 0.591 e. The third-order valence-electron chi connectivity index (χ3n) is 5.13. The Morgan fingerprint density at radius 3 is 2.44 bits per heavy atom. The first-order chi connectivity index (χ1) is 15.7. The smallest absolute Gasteiger partial charge is 0.410 e. The average molecular weight is 532 g/mol. The van der Waals surface area contributed by atoms with Crippen LogP contribution in [0, 0.1) is 5.92 Å². The van der Waals surface area contributed by atoms with Crippen molar-refractivity contribution in [2.75, 3.05) is 19.7 Å². The summed E-state index contributed by atoms with van der Waals surface area (Å²) in [6, 6.07) is 3.37. The first-order valence-corrected chi connectivity index (χ1v) is 13.3. The number of ether oxygens (including phenoxy) is 2. The van der Waals surface area contributed by atoms with E-state index in [0.717, 1.165) is 12.8 Å². The van der Waals surface area contributed by atoms with Gasteiger partial charge in [0.1, 0.15) is 39.8 Å². The van der Waals surface area contributed by atoms with Crippen molar-refractivity contribution in [2.45, 2.75) is 71.2 Å². The van der Waals surface area contributed by atoms with Crippen molar-refractivity contribution in [2.24, 2.45) is 10.3 Å². The molecule has 0 aliphatic carbocycles. The molecule has 1 saturated heterocycles. The maximum Gasteiger partial charge on any atom is 0.410 e. The van der Waals surface area contributed by atoms with E-state index >= 15 is 0 Å². The third-order valence-corrected chi connectivity index (χ3v) is 7.26. The van der Waals surface area contributed by atoms with Crippen LogP contribution in [0.5, 0.6) is 5.75 Å². The number of hydrogen-bond donors (Lipinski definition) is 0. The van der Waals surface area contributed by atoms with Crippen molar-refractivity contribution in [1.29, 1.82) is 0 Å². The Hall–Kier alpha value is -1.41. The van der Waals surface area contributed by atoms with Gasteiger partial charge in [0.15, 0.2) is 0 Å². The number of likely N-dealkylation sites (tertiary alicyclic amines) is 1. The second-order valence-electron chi connectivity index (χ2n) is 10.3. The lowest BCUT2D eigenvalue weighted by molar-refractivity contribution is 0.0256. The minimum Gasteiger partial charge on any atom is -0.591 e. The Morgan fingerprint density at radius 1 is 1.21 bits per heavy atom. The number of halogens is 2. The topological polar surface area (TPSA) is 74.2 Å². The van der Waals surface area contributed by atoms with E-state index < -0.39 is 21.7 Å². The van der Waals surface area contributed by atoms with E-state index in [-0.39, 0.29) is 18.6 Å². The molecule has 0 N–H and O–H groups in total. The van der Waals surface area contributed by atoms with Crippen LogP contribution in [0.2, 0.25) is 10.0 Å². The first kappa shape index (κ1) is 28.8. The maximum absolute atomic E-state index is 13.1. The summed E-state index contributed by atoms with van der Waals surface area (Å²) in [4.78, 5) is 14.4. The van der Waals surface area contributed by atoms with Gasteiger partial charge in [-0.3, -0.25) is 0 Å². The number of carbonyl (C=O) groups excluding carboxylic acids is 1. The Balaban J connectivity index is 2.45. The predicted octanol–water partition coefficient (Wildman–Crippen LogP) is 6.85. The van der Waals surface area contributed by atoms with Gasteiger partial charge in [-0.2, -0.15) is 0 Å².